The Kier molecular flexibility index (Phi) is 4.53. The molecule has 0 saturated carbocycles. The number of aromatic nitrogens is 2. The molecule has 0 fully saturated rings. The lowest BCUT2D eigenvalue weighted by atomic mass is 10.3. The first-order valence-corrected chi connectivity index (χ1v) is 8.25. The summed E-state index contributed by atoms with van der Waals surface area (Å²) in [5.74, 6) is 0. The third-order valence-electron chi connectivity index (χ3n) is 2.92. The molecule has 0 radical (unpaired) electrons. The maximum absolute atomic E-state index is 4.46. The molecule has 0 saturated heterocycles. The van der Waals surface area contributed by atoms with Gasteiger partial charge in [-0.05, 0) is 29.0 Å². The topological polar surface area (TPSA) is 37.8 Å². The van der Waals surface area contributed by atoms with Crippen LogP contribution in [0.4, 0.5) is 0 Å². The lowest BCUT2D eigenvalue weighted by molar-refractivity contribution is 0.677. The minimum Gasteiger partial charge on any atom is -0.310 e. The van der Waals surface area contributed by atoms with Crippen molar-refractivity contribution in [2.45, 2.75) is 13.0 Å². The Morgan fingerprint density at radius 2 is 2.15 bits per heavy atom. The van der Waals surface area contributed by atoms with Gasteiger partial charge < -0.3 is 5.32 Å². The van der Waals surface area contributed by atoms with Gasteiger partial charge in [-0.25, -0.2) is 4.98 Å². The van der Waals surface area contributed by atoms with E-state index in [0.717, 1.165) is 30.2 Å². The molecule has 0 aliphatic rings. The first kappa shape index (κ1) is 13.4. The number of thiophene rings is 1. The van der Waals surface area contributed by atoms with Crippen LogP contribution in [-0.4, -0.2) is 16.5 Å². The first-order valence-electron chi connectivity index (χ1n) is 6.50. The van der Waals surface area contributed by atoms with Crippen LogP contribution in [0.25, 0.3) is 10.4 Å². The van der Waals surface area contributed by atoms with E-state index in [4.69, 9.17) is 0 Å². The van der Waals surface area contributed by atoms with Crippen LogP contribution >= 0.6 is 22.7 Å². The van der Waals surface area contributed by atoms with E-state index in [9.17, 15) is 0 Å². The summed E-state index contributed by atoms with van der Waals surface area (Å²) in [6, 6.07) is 8.16. The average molecular weight is 301 g/mol. The van der Waals surface area contributed by atoms with Gasteiger partial charge in [0.15, 0.2) is 0 Å². The summed E-state index contributed by atoms with van der Waals surface area (Å²) < 4.78 is 0. The van der Waals surface area contributed by atoms with E-state index in [1.807, 2.05) is 24.5 Å². The van der Waals surface area contributed by atoms with Crippen molar-refractivity contribution in [3.8, 4) is 10.4 Å². The van der Waals surface area contributed by atoms with Gasteiger partial charge in [-0.15, -0.1) is 11.3 Å². The molecular weight excluding hydrogens is 286 g/mol. The van der Waals surface area contributed by atoms with Gasteiger partial charge in [-0.3, -0.25) is 4.98 Å². The maximum Gasteiger partial charge on any atom is 0.107 e. The summed E-state index contributed by atoms with van der Waals surface area (Å²) in [4.78, 5) is 10.0. The van der Waals surface area contributed by atoms with Crippen LogP contribution in [0, 0.1) is 0 Å². The number of rotatable bonds is 6. The lowest BCUT2D eigenvalue weighted by Crippen LogP contribution is -2.16. The SMILES string of the molecule is c1ccc(CCNCc2ncc(-c3ccsc3)s2)nc1. The Bertz CT molecular complexity index is 632. The Labute approximate surface area is 126 Å². The van der Waals surface area contributed by atoms with E-state index >= 15 is 0 Å². The second-order valence-corrected chi connectivity index (χ2v) is 6.27. The second kappa shape index (κ2) is 6.74. The first-order chi connectivity index (χ1) is 9.92. The highest BCUT2D eigenvalue weighted by atomic mass is 32.1. The van der Waals surface area contributed by atoms with Crippen molar-refractivity contribution in [1.29, 1.82) is 0 Å². The predicted octanol–water partition coefficient (Wildman–Crippen LogP) is 3.60. The van der Waals surface area contributed by atoms with Crippen molar-refractivity contribution >= 4 is 22.7 Å². The van der Waals surface area contributed by atoms with Crippen LogP contribution in [0.2, 0.25) is 0 Å². The minimum atomic E-state index is 0.821. The summed E-state index contributed by atoms with van der Waals surface area (Å²) >= 11 is 3.47. The fraction of sp³-hybridized carbons (Fsp3) is 0.200. The molecule has 0 bridgehead atoms. The largest absolute Gasteiger partial charge is 0.310 e. The minimum absolute atomic E-state index is 0.821. The van der Waals surface area contributed by atoms with Crippen LogP contribution in [0.15, 0.2) is 47.4 Å². The molecule has 5 heteroatoms. The van der Waals surface area contributed by atoms with Crippen LogP contribution in [0.1, 0.15) is 10.7 Å². The summed E-state index contributed by atoms with van der Waals surface area (Å²) in [6.45, 7) is 1.74. The zero-order chi connectivity index (χ0) is 13.6. The molecule has 0 spiro atoms. The van der Waals surface area contributed by atoms with Crippen LogP contribution in [0.3, 0.4) is 0 Å². The highest BCUT2D eigenvalue weighted by Crippen LogP contribution is 2.27. The van der Waals surface area contributed by atoms with Crippen molar-refractivity contribution in [3.63, 3.8) is 0 Å². The van der Waals surface area contributed by atoms with E-state index in [1.54, 1.807) is 22.7 Å². The van der Waals surface area contributed by atoms with Gasteiger partial charge in [-0.2, -0.15) is 11.3 Å². The number of hydrogen-bond donors (Lipinski definition) is 1. The van der Waals surface area contributed by atoms with E-state index < -0.39 is 0 Å². The van der Waals surface area contributed by atoms with Crippen molar-refractivity contribution < 1.29 is 0 Å². The summed E-state index contributed by atoms with van der Waals surface area (Å²) in [5.41, 5.74) is 2.39. The maximum atomic E-state index is 4.46. The molecule has 0 unspecified atom stereocenters. The average Bonchev–Trinajstić information content (AvgIpc) is 3.15. The lowest BCUT2D eigenvalue weighted by Gasteiger charge is -2.01. The molecule has 0 aromatic carbocycles. The zero-order valence-electron chi connectivity index (χ0n) is 11.0. The van der Waals surface area contributed by atoms with E-state index in [2.05, 4.69) is 38.2 Å². The Morgan fingerprint density at radius 3 is 2.95 bits per heavy atom. The third-order valence-corrected chi connectivity index (χ3v) is 4.65. The number of thiazole rings is 1. The van der Waals surface area contributed by atoms with Crippen LogP contribution < -0.4 is 5.32 Å². The summed E-state index contributed by atoms with van der Waals surface area (Å²) in [7, 11) is 0. The van der Waals surface area contributed by atoms with Gasteiger partial charge in [0.2, 0.25) is 0 Å². The molecule has 0 atom stereocenters. The van der Waals surface area contributed by atoms with Crippen molar-refractivity contribution in [2.75, 3.05) is 6.54 Å². The fourth-order valence-electron chi connectivity index (χ4n) is 1.89. The van der Waals surface area contributed by atoms with Gasteiger partial charge in [0.25, 0.3) is 0 Å². The number of nitrogens with zero attached hydrogens (tertiary/aromatic N) is 2. The molecule has 3 nitrogen and oxygen atoms in total. The molecule has 0 aliphatic carbocycles. The van der Waals surface area contributed by atoms with Crippen molar-refractivity contribution in [1.82, 2.24) is 15.3 Å². The van der Waals surface area contributed by atoms with Gasteiger partial charge in [-0.1, -0.05) is 6.07 Å². The molecule has 20 heavy (non-hydrogen) atoms. The molecule has 1 N–H and O–H groups in total. The molecular formula is C15H15N3S2. The third kappa shape index (κ3) is 3.50. The van der Waals surface area contributed by atoms with Crippen molar-refractivity contribution in [2.24, 2.45) is 0 Å². The van der Waals surface area contributed by atoms with Gasteiger partial charge in [0, 0.05) is 43.2 Å². The summed E-state index contributed by atoms with van der Waals surface area (Å²) in [6.07, 6.45) is 4.75. The van der Waals surface area contributed by atoms with E-state index in [0.29, 0.717) is 0 Å². The molecule has 0 amide bonds. The number of pyridine rings is 1. The standard InChI is InChI=1S/C15H15N3S2/c1-2-6-17-13(3-1)4-7-16-10-15-18-9-14(20-15)12-5-8-19-11-12/h1-3,5-6,8-9,11,16H,4,7,10H2. The van der Waals surface area contributed by atoms with E-state index in [-0.39, 0.29) is 0 Å². The van der Waals surface area contributed by atoms with Crippen LogP contribution in [-0.2, 0) is 13.0 Å². The van der Waals surface area contributed by atoms with Gasteiger partial charge >= 0.3 is 0 Å². The highest BCUT2D eigenvalue weighted by molar-refractivity contribution is 7.15. The molecule has 3 aromatic rings. The van der Waals surface area contributed by atoms with Crippen molar-refractivity contribution in [3.05, 3.63) is 58.1 Å². The molecule has 102 valence electrons. The quantitative estimate of drug-likeness (QED) is 0.707. The highest BCUT2D eigenvalue weighted by Gasteiger charge is 2.04. The Balaban J connectivity index is 1.47. The van der Waals surface area contributed by atoms with Gasteiger partial charge in [0.05, 0.1) is 4.88 Å². The predicted molar refractivity (Wildman–Crippen MR) is 85.1 cm³/mol. The monoisotopic (exact) mass is 301 g/mol. The Hall–Kier alpha value is -1.56. The normalized spacial score (nSPS) is 10.8. The summed E-state index contributed by atoms with van der Waals surface area (Å²) in [5, 5.41) is 8.81. The Morgan fingerprint density at radius 1 is 1.15 bits per heavy atom. The van der Waals surface area contributed by atoms with Gasteiger partial charge in [0.1, 0.15) is 5.01 Å². The van der Waals surface area contributed by atoms with E-state index in [1.165, 1.54) is 10.4 Å². The molecule has 3 rings (SSSR count). The molecule has 3 heterocycles. The smallest absolute Gasteiger partial charge is 0.107 e. The molecule has 0 aliphatic heterocycles. The van der Waals surface area contributed by atoms with Crippen LogP contribution in [0.5, 0.6) is 0 Å². The number of hydrogen-bond acceptors (Lipinski definition) is 5. The number of nitrogens with one attached hydrogen (secondary N) is 1. The zero-order valence-corrected chi connectivity index (χ0v) is 12.6. The second-order valence-electron chi connectivity index (χ2n) is 4.38. The molecule has 3 aromatic heterocycles. The fourth-order valence-corrected chi connectivity index (χ4v) is 3.50.